The second kappa shape index (κ2) is 9.37. The van der Waals surface area contributed by atoms with Crippen molar-refractivity contribution < 1.29 is 27.4 Å². The van der Waals surface area contributed by atoms with Gasteiger partial charge in [-0.05, 0) is 84.2 Å². The summed E-state index contributed by atoms with van der Waals surface area (Å²) in [6.45, 7) is 7.10. The molecule has 0 saturated carbocycles. The van der Waals surface area contributed by atoms with E-state index >= 15 is 0 Å². The summed E-state index contributed by atoms with van der Waals surface area (Å²) >= 11 is 4.11. The zero-order chi connectivity index (χ0) is 21.1. The Morgan fingerprint density at radius 2 is 1.79 bits per heavy atom. The largest absolute Gasteiger partial charge is 0.443 e. The van der Waals surface area contributed by atoms with Crippen LogP contribution in [0.15, 0.2) is 31.7 Å². The van der Waals surface area contributed by atoms with Crippen LogP contribution in [0.1, 0.15) is 26.3 Å². The topological polar surface area (TPSA) is 42.0 Å². The Hall–Kier alpha value is -0.760. The number of anilines is 1. The van der Waals surface area contributed by atoms with Crippen LogP contribution in [0.2, 0.25) is 0 Å². The van der Waals surface area contributed by atoms with Crippen molar-refractivity contribution in [2.45, 2.75) is 32.5 Å². The van der Waals surface area contributed by atoms with Gasteiger partial charge < -0.3 is 14.4 Å². The van der Waals surface area contributed by atoms with E-state index in [9.17, 15) is 18.0 Å². The summed E-state index contributed by atoms with van der Waals surface area (Å²) in [4.78, 5) is 16.2. The Bertz CT molecular complexity index is 738. The first-order valence-electron chi connectivity index (χ1n) is 8.48. The Labute approximate surface area is 189 Å². The lowest BCUT2D eigenvalue weighted by atomic mass is 10.1. The van der Waals surface area contributed by atoms with Gasteiger partial charge >= 0.3 is 12.3 Å². The van der Waals surface area contributed by atoms with Crippen molar-refractivity contribution in [3.63, 3.8) is 0 Å². The van der Waals surface area contributed by atoms with Crippen LogP contribution >= 0.6 is 45.2 Å². The van der Waals surface area contributed by atoms with Gasteiger partial charge in [0, 0.05) is 13.1 Å². The van der Waals surface area contributed by atoms with Gasteiger partial charge in [-0.15, -0.1) is 0 Å². The summed E-state index contributed by atoms with van der Waals surface area (Å²) in [7, 11) is 0. The van der Waals surface area contributed by atoms with Gasteiger partial charge in [-0.2, -0.15) is 13.2 Å². The molecule has 2 rings (SSSR count). The number of halogens is 5. The molecule has 1 heterocycles. The van der Waals surface area contributed by atoms with Crippen molar-refractivity contribution >= 4 is 57.0 Å². The number of rotatable bonds is 3. The van der Waals surface area contributed by atoms with E-state index in [4.69, 9.17) is 9.47 Å². The molecule has 5 nitrogen and oxygen atoms in total. The van der Waals surface area contributed by atoms with Crippen LogP contribution in [-0.2, 0) is 15.7 Å². The molecule has 1 saturated heterocycles. The van der Waals surface area contributed by atoms with Gasteiger partial charge in [-0.3, -0.25) is 0 Å². The summed E-state index contributed by atoms with van der Waals surface area (Å²) < 4.78 is 51.3. The average molecular weight is 624 g/mol. The van der Waals surface area contributed by atoms with Crippen LogP contribution in [0.5, 0.6) is 0 Å². The fraction of sp³-hybridized carbons (Fsp3) is 0.500. The van der Waals surface area contributed by atoms with Crippen LogP contribution in [0, 0.1) is 0 Å². The number of morpholine rings is 1. The summed E-state index contributed by atoms with van der Waals surface area (Å²) in [6.07, 6.45) is -5.25. The SMILES string of the molecule is CC(C)(C)OC(=O)N(C(=C(I)I)N1CCOCC1)c1cccc(C(F)(F)F)c1. The summed E-state index contributed by atoms with van der Waals surface area (Å²) in [5.74, 6) is 0.484. The monoisotopic (exact) mass is 624 g/mol. The Morgan fingerprint density at radius 1 is 1.18 bits per heavy atom. The number of alkyl halides is 3. The lowest BCUT2D eigenvalue weighted by Crippen LogP contribution is -2.46. The first-order valence-corrected chi connectivity index (χ1v) is 10.6. The predicted octanol–water partition coefficient (Wildman–Crippen LogP) is 5.78. The average Bonchev–Trinajstić information content (AvgIpc) is 2.57. The third-order valence-electron chi connectivity index (χ3n) is 3.70. The highest BCUT2D eigenvalue weighted by molar-refractivity contribution is 14.2. The molecular formula is C18H21F3I2N2O3. The lowest BCUT2D eigenvalue weighted by Gasteiger charge is -2.37. The van der Waals surface area contributed by atoms with Gasteiger partial charge in [-0.1, -0.05) is 6.07 Å². The number of benzene rings is 1. The molecule has 0 radical (unpaired) electrons. The zero-order valence-electron chi connectivity index (χ0n) is 15.6. The first-order chi connectivity index (χ1) is 12.9. The van der Waals surface area contributed by atoms with E-state index in [-0.39, 0.29) is 5.69 Å². The molecule has 156 valence electrons. The number of carbonyl (C=O) groups is 1. The molecule has 28 heavy (non-hydrogen) atoms. The summed E-state index contributed by atoms with van der Waals surface area (Å²) in [5.41, 5.74) is -1.54. The van der Waals surface area contributed by atoms with Crippen molar-refractivity contribution in [2.24, 2.45) is 0 Å². The fourth-order valence-corrected chi connectivity index (χ4v) is 3.73. The van der Waals surface area contributed by atoms with Crippen molar-refractivity contribution in [1.82, 2.24) is 4.90 Å². The Kier molecular flexibility index (Phi) is 7.87. The molecule has 1 fully saturated rings. The maximum atomic E-state index is 13.2. The lowest BCUT2D eigenvalue weighted by molar-refractivity contribution is -0.137. The smallest absolute Gasteiger partial charge is 0.420 e. The van der Waals surface area contributed by atoms with Crippen LogP contribution in [0.4, 0.5) is 23.7 Å². The molecule has 1 aromatic carbocycles. The van der Waals surface area contributed by atoms with Gasteiger partial charge in [0.2, 0.25) is 0 Å². The minimum absolute atomic E-state index is 0.0939. The van der Waals surface area contributed by atoms with Gasteiger partial charge in [0.15, 0.2) is 0 Å². The molecule has 0 aromatic heterocycles. The number of nitrogens with zero attached hydrogens (tertiary/aromatic N) is 2. The maximum Gasteiger partial charge on any atom is 0.420 e. The van der Waals surface area contributed by atoms with Crippen LogP contribution in [0.25, 0.3) is 0 Å². The van der Waals surface area contributed by atoms with E-state index in [0.717, 1.165) is 13.7 Å². The molecule has 10 heteroatoms. The van der Waals surface area contributed by atoms with E-state index in [1.54, 1.807) is 20.8 Å². The van der Waals surface area contributed by atoms with Gasteiger partial charge in [0.05, 0.1) is 26.1 Å². The molecule has 1 aliphatic heterocycles. The van der Waals surface area contributed by atoms with Crippen LogP contribution in [-0.4, -0.2) is 42.9 Å². The van der Waals surface area contributed by atoms with E-state index in [1.807, 2.05) is 4.90 Å². The molecular weight excluding hydrogens is 603 g/mol. The number of carbonyl (C=O) groups excluding carboxylic acids is 1. The van der Waals surface area contributed by atoms with E-state index in [1.165, 1.54) is 17.0 Å². The molecule has 0 spiro atoms. The molecule has 1 aromatic rings. The minimum Gasteiger partial charge on any atom is -0.443 e. The standard InChI is InChI=1S/C18H21F3I2N2O3/c1-17(2,3)28-16(26)25(13-6-4-5-12(11-13)18(19,20)21)15(14(22)23)24-7-9-27-10-8-24/h4-6,11H,7-10H2,1-3H3. The van der Waals surface area contributed by atoms with Crippen molar-refractivity contribution in [3.05, 3.63) is 37.2 Å². The summed E-state index contributed by atoms with van der Waals surface area (Å²) in [6, 6.07) is 4.69. The molecule has 0 bridgehead atoms. The quantitative estimate of drug-likeness (QED) is 0.401. The first kappa shape index (κ1) is 23.5. The predicted molar refractivity (Wildman–Crippen MR) is 118 cm³/mol. The normalized spacial score (nSPS) is 15.2. The Morgan fingerprint density at radius 3 is 2.29 bits per heavy atom. The summed E-state index contributed by atoms with van der Waals surface area (Å²) in [5, 5.41) is 0. The highest BCUT2D eigenvalue weighted by atomic mass is 127. The van der Waals surface area contributed by atoms with Crippen LogP contribution < -0.4 is 4.90 Å². The van der Waals surface area contributed by atoms with Gasteiger partial charge in [0.1, 0.15) is 11.4 Å². The number of hydrogen-bond donors (Lipinski definition) is 0. The highest BCUT2D eigenvalue weighted by Gasteiger charge is 2.35. The van der Waals surface area contributed by atoms with E-state index in [2.05, 4.69) is 45.2 Å². The second-order valence-electron chi connectivity index (χ2n) is 7.05. The Balaban J connectivity index is 2.56. The molecule has 1 aliphatic rings. The second-order valence-corrected chi connectivity index (χ2v) is 11.3. The maximum absolute atomic E-state index is 13.2. The van der Waals surface area contributed by atoms with Gasteiger partial charge in [-0.25, -0.2) is 9.69 Å². The fourth-order valence-electron chi connectivity index (χ4n) is 2.56. The van der Waals surface area contributed by atoms with Gasteiger partial charge in [0.25, 0.3) is 0 Å². The number of hydrogen-bond acceptors (Lipinski definition) is 4. The zero-order valence-corrected chi connectivity index (χ0v) is 20.0. The van der Waals surface area contributed by atoms with Crippen molar-refractivity contribution in [3.8, 4) is 0 Å². The molecule has 0 atom stereocenters. The minimum atomic E-state index is -4.52. The molecule has 1 amide bonds. The number of ether oxygens (including phenoxy) is 2. The van der Waals surface area contributed by atoms with Crippen molar-refractivity contribution in [1.29, 1.82) is 0 Å². The van der Waals surface area contributed by atoms with E-state index < -0.39 is 23.4 Å². The third-order valence-corrected chi connectivity index (χ3v) is 4.66. The highest BCUT2D eigenvalue weighted by Crippen LogP contribution is 2.36. The van der Waals surface area contributed by atoms with Crippen molar-refractivity contribution in [2.75, 3.05) is 31.2 Å². The molecule has 0 unspecified atom stereocenters. The van der Waals surface area contributed by atoms with E-state index in [0.29, 0.717) is 32.1 Å². The third kappa shape index (κ3) is 6.37. The van der Waals surface area contributed by atoms with Crippen LogP contribution in [0.3, 0.4) is 0 Å². The number of amides is 1. The molecule has 0 aliphatic carbocycles. The molecule has 0 N–H and O–H groups in total.